The minimum absolute atomic E-state index is 0.284. The van der Waals surface area contributed by atoms with Crippen LogP contribution in [0.5, 0.6) is 11.5 Å². The third-order valence-corrected chi connectivity index (χ3v) is 3.67. The van der Waals surface area contributed by atoms with Gasteiger partial charge < -0.3 is 19.9 Å². The van der Waals surface area contributed by atoms with E-state index in [-0.39, 0.29) is 6.61 Å². The zero-order valence-corrected chi connectivity index (χ0v) is 12.9. The zero-order chi connectivity index (χ0) is 15.0. The first-order valence-electron chi connectivity index (χ1n) is 7.25. The van der Waals surface area contributed by atoms with Crippen molar-refractivity contribution in [3.8, 4) is 11.5 Å². The molecule has 0 spiro atoms. The summed E-state index contributed by atoms with van der Waals surface area (Å²) in [5.74, 6) is 2.13. The second kappa shape index (κ2) is 8.82. The Labute approximate surface area is 122 Å². The highest BCUT2D eigenvalue weighted by atomic mass is 16.5. The molecule has 0 heterocycles. The number of methoxy groups -OCH3 is 1. The fraction of sp³-hybridized carbons (Fsp3) is 0.625. The summed E-state index contributed by atoms with van der Waals surface area (Å²) in [7, 11) is 1.63. The Bertz CT molecular complexity index is 366. The molecule has 1 aromatic carbocycles. The van der Waals surface area contributed by atoms with Crippen molar-refractivity contribution in [3.63, 3.8) is 0 Å². The van der Waals surface area contributed by atoms with Crippen LogP contribution in [0.4, 0.5) is 0 Å². The molecule has 4 heteroatoms. The van der Waals surface area contributed by atoms with Crippen molar-refractivity contribution in [3.05, 3.63) is 24.3 Å². The summed E-state index contributed by atoms with van der Waals surface area (Å²) in [6.45, 7) is 7.35. The lowest BCUT2D eigenvalue weighted by Gasteiger charge is -2.22. The van der Waals surface area contributed by atoms with Crippen molar-refractivity contribution in [2.75, 3.05) is 20.3 Å². The van der Waals surface area contributed by atoms with Gasteiger partial charge in [0, 0.05) is 12.6 Å². The molecule has 0 aromatic heterocycles. The molecule has 0 bridgehead atoms. The van der Waals surface area contributed by atoms with Gasteiger partial charge in [-0.3, -0.25) is 0 Å². The molecule has 0 aliphatic heterocycles. The normalized spacial score (nSPS) is 15.4. The summed E-state index contributed by atoms with van der Waals surface area (Å²) in [5.41, 5.74) is 0. The molecular formula is C16H27NO3. The van der Waals surface area contributed by atoms with E-state index in [9.17, 15) is 5.11 Å². The van der Waals surface area contributed by atoms with Gasteiger partial charge in [-0.15, -0.1) is 0 Å². The van der Waals surface area contributed by atoms with E-state index in [1.54, 1.807) is 7.11 Å². The summed E-state index contributed by atoms with van der Waals surface area (Å²) < 4.78 is 10.6. The van der Waals surface area contributed by atoms with Crippen LogP contribution in [0.3, 0.4) is 0 Å². The number of hydrogen-bond acceptors (Lipinski definition) is 4. The molecule has 1 aromatic rings. The van der Waals surface area contributed by atoms with Crippen molar-refractivity contribution in [2.45, 2.75) is 39.3 Å². The van der Waals surface area contributed by atoms with Gasteiger partial charge in [0.2, 0.25) is 0 Å². The van der Waals surface area contributed by atoms with Crippen molar-refractivity contribution >= 4 is 0 Å². The molecule has 3 atom stereocenters. The standard InChI is InChI=1S/C16H27NO3/c1-5-12(2)13(3)17-10-14(18)11-20-16-8-6-15(19-4)7-9-16/h6-9,12-14,17-18H,5,10-11H2,1-4H3. The quantitative estimate of drug-likeness (QED) is 0.730. The van der Waals surface area contributed by atoms with Gasteiger partial charge in [0.25, 0.3) is 0 Å². The van der Waals surface area contributed by atoms with Gasteiger partial charge >= 0.3 is 0 Å². The van der Waals surface area contributed by atoms with E-state index in [1.807, 2.05) is 24.3 Å². The molecule has 0 amide bonds. The number of ether oxygens (including phenoxy) is 2. The van der Waals surface area contributed by atoms with E-state index in [4.69, 9.17) is 9.47 Å². The largest absolute Gasteiger partial charge is 0.497 e. The Morgan fingerprint density at radius 2 is 1.75 bits per heavy atom. The van der Waals surface area contributed by atoms with Gasteiger partial charge in [0.15, 0.2) is 0 Å². The van der Waals surface area contributed by atoms with Crippen molar-refractivity contribution in [1.29, 1.82) is 0 Å². The molecule has 3 unspecified atom stereocenters. The van der Waals surface area contributed by atoms with Crippen molar-refractivity contribution < 1.29 is 14.6 Å². The van der Waals surface area contributed by atoms with Crippen molar-refractivity contribution in [2.24, 2.45) is 5.92 Å². The molecule has 4 nitrogen and oxygen atoms in total. The molecule has 0 saturated carbocycles. The molecule has 1 rings (SSSR count). The second-order valence-electron chi connectivity index (χ2n) is 5.22. The molecule has 0 fully saturated rings. The first-order valence-corrected chi connectivity index (χ1v) is 7.25. The maximum atomic E-state index is 9.90. The SMILES string of the molecule is CCC(C)C(C)NCC(O)COc1ccc(OC)cc1. The van der Waals surface area contributed by atoms with Crippen LogP contribution in [-0.2, 0) is 0 Å². The Balaban J connectivity index is 2.26. The van der Waals surface area contributed by atoms with Crippen LogP contribution in [0.25, 0.3) is 0 Å². The molecule has 0 saturated heterocycles. The topological polar surface area (TPSA) is 50.7 Å². The van der Waals surface area contributed by atoms with E-state index >= 15 is 0 Å². The molecule has 0 radical (unpaired) electrons. The van der Waals surface area contributed by atoms with Crippen molar-refractivity contribution in [1.82, 2.24) is 5.32 Å². The number of aliphatic hydroxyl groups is 1. The number of hydrogen-bond donors (Lipinski definition) is 2. The number of benzene rings is 1. The molecule has 0 aliphatic carbocycles. The summed E-state index contributed by atoms with van der Waals surface area (Å²) >= 11 is 0. The monoisotopic (exact) mass is 281 g/mol. The molecule has 2 N–H and O–H groups in total. The van der Waals surface area contributed by atoms with Crippen LogP contribution in [-0.4, -0.2) is 37.5 Å². The Morgan fingerprint density at radius 1 is 1.15 bits per heavy atom. The fourth-order valence-corrected chi connectivity index (χ4v) is 1.80. The first-order chi connectivity index (χ1) is 9.56. The lowest BCUT2D eigenvalue weighted by molar-refractivity contribution is 0.102. The zero-order valence-electron chi connectivity index (χ0n) is 12.9. The van der Waals surface area contributed by atoms with Crippen LogP contribution < -0.4 is 14.8 Å². The maximum Gasteiger partial charge on any atom is 0.119 e. The summed E-state index contributed by atoms with van der Waals surface area (Å²) in [6, 6.07) is 7.74. The molecule has 0 aliphatic rings. The second-order valence-corrected chi connectivity index (χ2v) is 5.22. The minimum atomic E-state index is -0.511. The summed E-state index contributed by atoms with van der Waals surface area (Å²) in [5, 5.41) is 13.2. The highest BCUT2D eigenvalue weighted by Gasteiger charge is 2.12. The van der Waals surface area contributed by atoms with Gasteiger partial charge in [-0.05, 0) is 37.1 Å². The average Bonchev–Trinajstić information content (AvgIpc) is 2.50. The molecule has 20 heavy (non-hydrogen) atoms. The smallest absolute Gasteiger partial charge is 0.119 e. The molecule has 114 valence electrons. The van der Waals surface area contributed by atoms with Gasteiger partial charge in [0.1, 0.15) is 24.2 Å². The predicted octanol–water partition coefficient (Wildman–Crippen LogP) is 2.46. The van der Waals surface area contributed by atoms with Crippen LogP contribution in [0.15, 0.2) is 24.3 Å². The number of nitrogens with one attached hydrogen (secondary N) is 1. The Kier molecular flexibility index (Phi) is 7.41. The van der Waals surface area contributed by atoms with Crippen LogP contribution in [0, 0.1) is 5.92 Å². The number of aliphatic hydroxyl groups excluding tert-OH is 1. The van der Waals surface area contributed by atoms with E-state index < -0.39 is 6.10 Å². The molecular weight excluding hydrogens is 254 g/mol. The summed E-state index contributed by atoms with van der Waals surface area (Å²) in [6.07, 6.45) is 0.621. The lowest BCUT2D eigenvalue weighted by Crippen LogP contribution is -2.39. The first kappa shape index (κ1) is 16.8. The van der Waals surface area contributed by atoms with E-state index in [2.05, 4.69) is 26.1 Å². The third kappa shape index (κ3) is 5.80. The predicted molar refractivity (Wildman–Crippen MR) is 81.4 cm³/mol. The highest BCUT2D eigenvalue weighted by molar-refractivity contribution is 5.31. The van der Waals surface area contributed by atoms with Gasteiger partial charge in [-0.1, -0.05) is 20.3 Å². The van der Waals surface area contributed by atoms with E-state index in [1.165, 1.54) is 0 Å². The lowest BCUT2D eigenvalue weighted by atomic mass is 10.0. The Hall–Kier alpha value is -1.26. The highest BCUT2D eigenvalue weighted by Crippen LogP contribution is 2.17. The van der Waals surface area contributed by atoms with Crippen LogP contribution in [0.1, 0.15) is 27.2 Å². The Morgan fingerprint density at radius 3 is 2.30 bits per heavy atom. The third-order valence-electron chi connectivity index (χ3n) is 3.67. The fourth-order valence-electron chi connectivity index (χ4n) is 1.80. The van der Waals surface area contributed by atoms with Gasteiger partial charge in [-0.2, -0.15) is 0 Å². The van der Waals surface area contributed by atoms with Gasteiger partial charge in [-0.25, -0.2) is 0 Å². The van der Waals surface area contributed by atoms with E-state index in [0.717, 1.165) is 17.9 Å². The maximum absolute atomic E-state index is 9.90. The van der Waals surface area contributed by atoms with Crippen LogP contribution >= 0.6 is 0 Å². The van der Waals surface area contributed by atoms with Crippen LogP contribution in [0.2, 0.25) is 0 Å². The van der Waals surface area contributed by atoms with Gasteiger partial charge in [0.05, 0.1) is 7.11 Å². The average molecular weight is 281 g/mol. The number of rotatable bonds is 9. The minimum Gasteiger partial charge on any atom is -0.497 e. The summed E-state index contributed by atoms with van der Waals surface area (Å²) in [4.78, 5) is 0. The van der Waals surface area contributed by atoms with E-state index in [0.29, 0.717) is 18.5 Å².